The number of aromatic amines is 1. The zero-order chi connectivity index (χ0) is 15.0. The lowest BCUT2D eigenvalue weighted by atomic mass is 9.97. The lowest BCUT2D eigenvalue weighted by molar-refractivity contribution is -0.00697. The van der Waals surface area contributed by atoms with Gasteiger partial charge in [-0.05, 0) is 39.5 Å². The van der Waals surface area contributed by atoms with Crippen LogP contribution in [0.4, 0.5) is 0 Å². The van der Waals surface area contributed by atoms with E-state index >= 15 is 0 Å². The van der Waals surface area contributed by atoms with Crippen molar-refractivity contribution in [1.82, 2.24) is 15.5 Å². The molecule has 2 N–H and O–H groups in total. The highest BCUT2D eigenvalue weighted by Crippen LogP contribution is 2.32. The molecule has 1 aromatic heterocycles. The summed E-state index contributed by atoms with van der Waals surface area (Å²) in [6.45, 7) is 3.93. The van der Waals surface area contributed by atoms with Crippen molar-refractivity contribution in [3.8, 4) is 6.07 Å². The Morgan fingerprint density at radius 2 is 2.19 bits per heavy atom. The normalized spacial score (nSPS) is 26.9. The van der Waals surface area contributed by atoms with Gasteiger partial charge < -0.3 is 10.1 Å². The van der Waals surface area contributed by atoms with Gasteiger partial charge in [-0.15, -0.1) is 0 Å². The van der Waals surface area contributed by atoms with E-state index in [1.54, 1.807) is 0 Å². The van der Waals surface area contributed by atoms with E-state index in [2.05, 4.69) is 21.6 Å². The molecule has 2 aliphatic rings. The molecule has 1 fully saturated rings. The van der Waals surface area contributed by atoms with E-state index in [1.165, 1.54) is 0 Å². The first kappa shape index (κ1) is 14.1. The summed E-state index contributed by atoms with van der Waals surface area (Å²) in [6.07, 6.45) is 4.04. The Labute approximate surface area is 123 Å². The molecule has 112 valence electrons. The summed E-state index contributed by atoms with van der Waals surface area (Å²) in [4.78, 5) is 12.5. The van der Waals surface area contributed by atoms with Gasteiger partial charge >= 0.3 is 0 Å². The van der Waals surface area contributed by atoms with Crippen molar-refractivity contribution < 1.29 is 9.53 Å². The number of H-pyrrole nitrogens is 1. The zero-order valence-corrected chi connectivity index (χ0v) is 12.4. The molecule has 3 rings (SSSR count). The molecule has 1 amide bonds. The third kappa shape index (κ3) is 2.42. The van der Waals surface area contributed by atoms with Crippen molar-refractivity contribution in [2.24, 2.45) is 0 Å². The number of ether oxygens (including phenoxy) is 1. The highest BCUT2D eigenvalue weighted by Gasteiger charge is 2.37. The first-order valence-corrected chi connectivity index (χ1v) is 7.51. The predicted octanol–water partition coefficient (Wildman–Crippen LogP) is 2.00. The minimum absolute atomic E-state index is 0.0630. The number of rotatable bonds is 2. The first-order valence-electron chi connectivity index (χ1n) is 7.51. The fourth-order valence-corrected chi connectivity index (χ4v) is 3.38. The Hall–Kier alpha value is -1.87. The molecule has 0 saturated heterocycles. The number of nitrogens with one attached hydrogen (secondary N) is 2. The van der Waals surface area contributed by atoms with Crippen molar-refractivity contribution in [2.75, 3.05) is 0 Å². The van der Waals surface area contributed by atoms with Crippen LogP contribution in [0.15, 0.2) is 0 Å². The summed E-state index contributed by atoms with van der Waals surface area (Å²) < 4.78 is 5.72. The third-order valence-electron chi connectivity index (χ3n) is 4.47. The fourth-order valence-electron chi connectivity index (χ4n) is 3.38. The van der Waals surface area contributed by atoms with Gasteiger partial charge in [0.05, 0.1) is 24.0 Å². The standard InChI is InChI=1S/C15H20N4O2/c1-9-7-11-12(10(2)21-9)18-19-13(11)14(20)17-15(8-16)5-3-4-6-15/h9-10H,3-7H2,1-2H3,(H,17,20)(H,18,19)/t9-,10+/m1/s1. The van der Waals surface area contributed by atoms with E-state index in [9.17, 15) is 10.1 Å². The summed E-state index contributed by atoms with van der Waals surface area (Å²) in [7, 11) is 0. The van der Waals surface area contributed by atoms with Crippen LogP contribution in [0.2, 0.25) is 0 Å². The summed E-state index contributed by atoms with van der Waals surface area (Å²) >= 11 is 0. The zero-order valence-electron chi connectivity index (χ0n) is 12.4. The molecule has 0 radical (unpaired) electrons. The second-order valence-corrected chi connectivity index (χ2v) is 6.11. The highest BCUT2D eigenvalue weighted by atomic mass is 16.5. The number of hydrogen-bond acceptors (Lipinski definition) is 4. The summed E-state index contributed by atoms with van der Waals surface area (Å²) in [5.41, 5.74) is 1.49. The molecule has 2 atom stereocenters. The van der Waals surface area contributed by atoms with Gasteiger partial charge in [-0.25, -0.2) is 0 Å². The summed E-state index contributed by atoms with van der Waals surface area (Å²) in [5.74, 6) is -0.253. The number of fused-ring (bicyclic) bond motifs is 1. The smallest absolute Gasteiger partial charge is 0.273 e. The van der Waals surface area contributed by atoms with Gasteiger partial charge in [0.15, 0.2) is 5.69 Å². The van der Waals surface area contributed by atoms with Gasteiger partial charge in [0, 0.05) is 12.0 Å². The van der Waals surface area contributed by atoms with Crippen LogP contribution < -0.4 is 5.32 Å². The molecule has 6 nitrogen and oxygen atoms in total. The number of carbonyl (C=O) groups is 1. The van der Waals surface area contributed by atoms with E-state index in [0.29, 0.717) is 12.1 Å². The van der Waals surface area contributed by atoms with Crippen LogP contribution in [0.3, 0.4) is 0 Å². The third-order valence-corrected chi connectivity index (χ3v) is 4.47. The van der Waals surface area contributed by atoms with Gasteiger partial charge in [-0.1, -0.05) is 0 Å². The number of nitriles is 1. The van der Waals surface area contributed by atoms with Crippen LogP contribution in [-0.2, 0) is 11.2 Å². The molecule has 0 aromatic carbocycles. The molecule has 0 spiro atoms. The van der Waals surface area contributed by atoms with Crippen LogP contribution in [0.25, 0.3) is 0 Å². The molecule has 1 saturated carbocycles. The average Bonchev–Trinajstić information content (AvgIpc) is 3.06. The quantitative estimate of drug-likeness (QED) is 0.870. The topological polar surface area (TPSA) is 90.8 Å². The van der Waals surface area contributed by atoms with Crippen molar-refractivity contribution >= 4 is 5.91 Å². The van der Waals surface area contributed by atoms with Gasteiger partial charge in [0.2, 0.25) is 0 Å². The molecule has 1 aliphatic carbocycles. The Balaban J connectivity index is 1.85. The number of carbonyl (C=O) groups excluding carboxylic acids is 1. The molecule has 21 heavy (non-hydrogen) atoms. The Kier molecular flexibility index (Phi) is 3.46. The van der Waals surface area contributed by atoms with Crippen LogP contribution in [0.1, 0.15) is 67.4 Å². The van der Waals surface area contributed by atoms with Crippen molar-refractivity contribution in [1.29, 1.82) is 5.26 Å². The number of hydrogen-bond donors (Lipinski definition) is 2. The van der Waals surface area contributed by atoms with E-state index < -0.39 is 5.54 Å². The molecule has 2 heterocycles. The molecular formula is C15H20N4O2. The Morgan fingerprint density at radius 3 is 2.86 bits per heavy atom. The summed E-state index contributed by atoms with van der Waals surface area (Å²) in [6, 6.07) is 2.27. The second kappa shape index (κ2) is 5.15. The minimum atomic E-state index is -0.717. The lowest BCUT2D eigenvalue weighted by Gasteiger charge is -2.26. The van der Waals surface area contributed by atoms with Crippen molar-refractivity contribution in [2.45, 2.75) is 63.7 Å². The molecule has 0 bridgehead atoms. The van der Waals surface area contributed by atoms with E-state index in [-0.39, 0.29) is 18.1 Å². The van der Waals surface area contributed by atoms with Gasteiger partial charge in [-0.3, -0.25) is 9.89 Å². The van der Waals surface area contributed by atoms with E-state index in [1.807, 2.05) is 13.8 Å². The van der Waals surface area contributed by atoms with Crippen molar-refractivity contribution in [3.05, 3.63) is 17.0 Å². The van der Waals surface area contributed by atoms with Crippen LogP contribution in [-0.4, -0.2) is 27.7 Å². The SMILES string of the molecule is C[C@@H]1Cc2c(C(=O)NC3(C#N)CCCC3)n[nH]c2[C@H](C)O1. The maximum absolute atomic E-state index is 12.5. The number of aromatic nitrogens is 2. The lowest BCUT2D eigenvalue weighted by Crippen LogP contribution is -2.45. The highest BCUT2D eigenvalue weighted by molar-refractivity contribution is 5.94. The summed E-state index contributed by atoms with van der Waals surface area (Å²) in [5, 5.41) is 19.4. The molecule has 1 aromatic rings. The molecule has 0 unspecified atom stereocenters. The van der Waals surface area contributed by atoms with Gasteiger partial charge in [0.1, 0.15) is 5.54 Å². The maximum atomic E-state index is 12.5. The minimum Gasteiger partial charge on any atom is -0.369 e. The van der Waals surface area contributed by atoms with Gasteiger partial charge in [0.25, 0.3) is 5.91 Å². The van der Waals surface area contributed by atoms with Crippen LogP contribution in [0.5, 0.6) is 0 Å². The first-order chi connectivity index (χ1) is 10.0. The second-order valence-electron chi connectivity index (χ2n) is 6.11. The Morgan fingerprint density at radius 1 is 1.48 bits per heavy atom. The number of nitrogens with zero attached hydrogens (tertiary/aromatic N) is 2. The van der Waals surface area contributed by atoms with Gasteiger partial charge in [-0.2, -0.15) is 10.4 Å². The molecule has 1 aliphatic heterocycles. The predicted molar refractivity (Wildman–Crippen MR) is 75.5 cm³/mol. The van der Waals surface area contributed by atoms with E-state index in [4.69, 9.17) is 4.74 Å². The molecular weight excluding hydrogens is 268 g/mol. The van der Waals surface area contributed by atoms with Crippen LogP contribution >= 0.6 is 0 Å². The fraction of sp³-hybridized carbons (Fsp3) is 0.667. The molecule has 6 heteroatoms. The largest absolute Gasteiger partial charge is 0.369 e. The monoisotopic (exact) mass is 288 g/mol. The van der Waals surface area contributed by atoms with Crippen LogP contribution in [0, 0.1) is 11.3 Å². The van der Waals surface area contributed by atoms with E-state index in [0.717, 1.165) is 36.9 Å². The number of amides is 1. The average molecular weight is 288 g/mol. The maximum Gasteiger partial charge on any atom is 0.273 e. The Bertz CT molecular complexity index is 595. The van der Waals surface area contributed by atoms with Crippen molar-refractivity contribution in [3.63, 3.8) is 0 Å².